The van der Waals surface area contributed by atoms with E-state index in [-0.39, 0.29) is 18.5 Å². The van der Waals surface area contributed by atoms with Crippen molar-refractivity contribution in [2.45, 2.75) is 31.5 Å². The zero-order valence-corrected chi connectivity index (χ0v) is 18.6. The lowest BCUT2D eigenvalue weighted by Crippen LogP contribution is -2.51. The highest BCUT2D eigenvalue weighted by Crippen LogP contribution is 2.34. The molecule has 1 unspecified atom stereocenters. The predicted octanol–water partition coefficient (Wildman–Crippen LogP) is 3.52. The number of furan rings is 1. The van der Waals surface area contributed by atoms with Gasteiger partial charge in [-0.3, -0.25) is 14.5 Å². The Balaban J connectivity index is 1.42. The van der Waals surface area contributed by atoms with Crippen LogP contribution in [0.1, 0.15) is 34.9 Å². The number of carbonyl (C=O) groups excluding carboxylic acids is 2. The number of amides is 2. The number of hydrogen-bond donors (Lipinski definition) is 1. The number of nitrogens with two attached hydrogens (primary N) is 1. The molecule has 0 aliphatic carbocycles. The zero-order valence-electron chi connectivity index (χ0n) is 17.9. The third-order valence-electron chi connectivity index (χ3n) is 6.23. The molecule has 2 N–H and O–H groups in total. The third-order valence-corrected chi connectivity index (χ3v) is 6.48. The summed E-state index contributed by atoms with van der Waals surface area (Å²) in [7, 11) is 0. The van der Waals surface area contributed by atoms with Gasteiger partial charge in [0.15, 0.2) is 0 Å². The molecule has 0 saturated carbocycles. The van der Waals surface area contributed by atoms with E-state index in [2.05, 4.69) is 5.10 Å². The molecule has 2 aliphatic heterocycles. The maximum atomic E-state index is 13.5. The topological polar surface area (TPSA) is 92.1 Å². The summed E-state index contributed by atoms with van der Waals surface area (Å²) in [6, 6.07) is 18.0. The summed E-state index contributed by atoms with van der Waals surface area (Å²) < 4.78 is 5.62. The highest BCUT2D eigenvalue weighted by Gasteiger charge is 2.38. The molecule has 3 heterocycles. The van der Waals surface area contributed by atoms with Gasteiger partial charge in [0, 0.05) is 18.0 Å². The van der Waals surface area contributed by atoms with Gasteiger partial charge in [-0.25, -0.2) is 5.01 Å². The largest absolute Gasteiger partial charge is 0.467 e. The second-order valence-corrected chi connectivity index (χ2v) is 8.76. The fourth-order valence-corrected chi connectivity index (χ4v) is 4.66. The summed E-state index contributed by atoms with van der Waals surface area (Å²) >= 11 is 6.03. The predicted molar refractivity (Wildman–Crippen MR) is 124 cm³/mol. The summed E-state index contributed by atoms with van der Waals surface area (Å²) in [6.45, 7) is 0.499. The molecule has 2 atom stereocenters. The summed E-state index contributed by atoms with van der Waals surface area (Å²) in [6.07, 6.45) is 2.59. The number of carbonyl (C=O) groups is 2. The van der Waals surface area contributed by atoms with Crippen molar-refractivity contribution in [3.8, 4) is 0 Å². The van der Waals surface area contributed by atoms with Crippen molar-refractivity contribution in [3.05, 3.63) is 94.4 Å². The number of halogens is 1. The molecular formula is C25H23ClN4O3. The quantitative estimate of drug-likeness (QED) is 0.627. The Morgan fingerprint density at radius 1 is 1.03 bits per heavy atom. The Hall–Kier alpha value is -3.42. The molecular weight excluding hydrogens is 440 g/mol. The van der Waals surface area contributed by atoms with E-state index >= 15 is 0 Å². The van der Waals surface area contributed by atoms with Crippen molar-refractivity contribution >= 4 is 29.1 Å². The Labute approximate surface area is 196 Å². The van der Waals surface area contributed by atoms with Crippen molar-refractivity contribution < 1.29 is 14.0 Å². The van der Waals surface area contributed by atoms with Crippen molar-refractivity contribution in [1.29, 1.82) is 0 Å². The number of primary amides is 1. The van der Waals surface area contributed by atoms with Gasteiger partial charge in [0.2, 0.25) is 5.91 Å². The lowest BCUT2D eigenvalue weighted by molar-refractivity contribution is -0.136. The van der Waals surface area contributed by atoms with Crippen molar-refractivity contribution in [1.82, 2.24) is 9.91 Å². The lowest BCUT2D eigenvalue weighted by atomic mass is 9.93. The molecule has 0 bridgehead atoms. The van der Waals surface area contributed by atoms with Crippen LogP contribution in [0.5, 0.6) is 0 Å². The van der Waals surface area contributed by atoms with Gasteiger partial charge in [-0.1, -0.05) is 48.0 Å². The summed E-state index contributed by atoms with van der Waals surface area (Å²) in [5, 5.41) is 6.77. The summed E-state index contributed by atoms with van der Waals surface area (Å²) in [5.74, 6) is 0.00385. The van der Waals surface area contributed by atoms with Crippen LogP contribution in [0.15, 0.2) is 76.4 Å². The molecule has 5 rings (SSSR count). The van der Waals surface area contributed by atoms with Gasteiger partial charge in [0.05, 0.1) is 24.6 Å². The van der Waals surface area contributed by atoms with E-state index in [1.54, 1.807) is 24.5 Å². The van der Waals surface area contributed by atoms with Crippen LogP contribution in [-0.2, 0) is 22.6 Å². The Kier molecular flexibility index (Phi) is 5.74. The summed E-state index contributed by atoms with van der Waals surface area (Å²) in [4.78, 5) is 27.5. The van der Waals surface area contributed by atoms with Crippen LogP contribution in [0.25, 0.3) is 0 Å². The molecule has 2 aromatic carbocycles. The molecule has 7 nitrogen and oxygen atoms in total. The molecule has 3 aromatic rings. The van der Waals surface area contributed by atoms with Crippen LogP contribution < -0.4 is 5.73 Å². The normalized spacial score (nSPS) is 20.4. The second-order valence-electron chi connectivity index (χ2n) is 8.32. The molecule has 2 amide bonds. The fourth-order valence-electron chi connectivity index (χ4n) is 4.53. The van der Waals surface area contributed by atoms with Crippen LogP contribution in [0, 0.1) is 0 Å². The number of benzene rings is 2. The Morgan fingerprint density at radius 3 is 2.48 bits per heavy atom. The first kappa shape index (κ1) is 21.4. The van der Waals surface area contributed by atoms with Gasteiger partial charge < -0.3 is 10.2 Å². The van der Waals surface area contributed by atoms with Crippen LogP contribution in [0.2, 0.25) is 5.02 Å². The Morgan fingerprint density at radius 2 is 1.79 bits per heavy atom. The number of hydrogen-bond acceptors (Lipinski definition) is 5. The molecule has 0 radical (unpaired) electrons. The van der Waals surface area contributed by atoms with E-state index in [0.717, 1.165) is 22.4 Å². The van der Waals surface area contributed by atoms with Crippen LogP contribution in [0.3, 0.4) is 0 Å². The monoisotopic (exact) mass is 462 g/mol. The second kappa shape index (κ2) is 8.84. The van der Waals surface area contributed by atoms with Crippen molar-refractivity contribution in [3.63, 3.8) is 0 Å². The van der Waals surface area contributed by atoms with Crippen molar-refractivity contribution in [2.75, 3.05) is 6.54 Å². The number of fused-ring (bicyclic) bond motifs is 1. The minimum Gasteiger partial charge on any atom is -0.467 e. The van der Waals surface area contributed by atoms with Gasteiger partial charge >= 0.3 is 0 Å². The standard InChI is InChI=1S/C25H23ClN4O3/c26-19-9-7-16(8-10-19)20-13-21(23-6-3-11-33-23)30(28-20)24(31)15-29-14-18-5-2-1-4-17(18)12-22(29)25(27)32/h1-11,21-22H,12-15H2,(H2,27,32)/t21?,22-/m0/s1. The average molecular weight is 463 g/mol. The molecule has 33 heavy (non-hydrogen) atoms. The van der Waals surface area contributed by atoms with Gasteiger partial charge in [-0.05, 0) is 47.4 Å². The first-order chi connectivity index (χ1) is 16.0. The van der Waals surface area contributed by atoms with E-state index < -0.39 is 11.9 Å². The number of hydrazone groups is 1. The maximum Gasteiger partial charge on any atom is 0.257 e. The first-order valence-corrected chi connectivity index (χ1v) is 11.2. The molecule has 1 aromatic heterocycles. The molecule has 0 fully saturated rings. The lowest BCUT2D eigenvalue weighted by Gasteiger charge is -2.35. The molecule has 2 aliphatic rings. The van der Waals surface area contributed by atoms with Crippen LogP contribution in [-0.4, -0.2) is 40.0 Å². The molecule has 0 saturated heterocycles. The number of nitrogens with zero attached hydrogens (tertiary/aromatic N) is 3. The highest BCUT2D eigenvalue weighted by molar-refractivity contribution is 6.30. The fraction of sp³-hybridized carbons (Fsp3) is 0.240. The van der Waals surface area contributed by atoms with Crippen LogP contribution >= 0.6 is 11.6 Å². The van der Waals surface area contributed by atoms with E-state index in [9.17, 15) is 9.59 Å². The van der Waals surface area contributed by atoms with E-state index in [4.69, 9.17) is 21.8 Å². The maximum absolute atomic E-state index is 13.5. The smallest absolute Gasteiger partial charge is 0.257 e. The average Bonchev–Trinajstić information content (AvgIpc) is 3.49. The minimum absolute atomic E-state index is 0.0244. The van der Waals surface area contributed by atoms with E-state index in [1.807, 2.05) is 47.4 Å². The molecule has 0 spiro atoms. The Bertz CT molecular complexity index is 1210. The highest BCUT2D eigenvalue weighted by atomic mass is 35.5. The molecule has 168 valence electrons. The third kappa shape index (κ3) is 4.29. The van der Waals surface area contributed by atoms with Gasteiger partial charge in [0.1, 0.15) is 11.8 Å². The zero-order chi connectivity index (χ0) is 22.9. The van der Waals surface area contributed by atoms with Gasteiger partial charge in [0.25, 0.3) is 5.91 Å². The van der Waals surface area contributed by atoms with Gasteiger partial charge in [-0.2, -0.15) is 5.10 Å². The van der Waals surface area contributed by atoms with Crippen LogP contribution in [0.4, 0.5) is 0 Å². The van der Waals surface area contributed by atoms with E-state index in [1.165, 1.54) is 5.01 Å². The van der Waals surface area contributed by atoms with Gasteiger partial charge in [-0.15, -0.1) is 0 Å². The first-order valence-electron chi connectivity index (χ1n) is 10.8. The summed E-state index contributed by atoms with van der Waals surface area (Å²) in [5.41, 5.74) is 9.55. The SMILES string of the molecule is NC(=O)[C@@H]1Cc2ccccc2CN1CC(=O)N1N=C(c2ccc(Cl)cc2)CC1c1ccco1. The van der Waals surface area contributed by atoms with E-state index in [0.29, 0.717) is 30.2 Å². The molecule has 8 heteroatoms. The minimum atomic E-state index is -0.548. The van der Waals surface area contributed by atoms with Crippen molar-refractivity contribution in [2.24, 2.45) is 10.8 Å². The number of rotatable bonds is 5.